The first-order valence-corrected chi connectivity index (χ1v) is 5.66. The summed E-state index contributed by atoms with van der Waals surface area (Å²) in [6.07, 6.45) is 8.67. The van der Waals surface area contributed by atoms with Crippen molar-refractivity contribution in [3.8, 4) is 12.3 Å². The number of terminal acetylenes is 1. The van der Waals surface area contributed by atoms with Crippen molar-refractivity contribution in [3.05, 3.63) is 18.2 Å². The number of carbonyl (C=O) groups is 1. The molecule has 1 aliphatic heterocycles. The molecule has 0 saturated carbocycles. The van der Waals surface area contributed by atoms with Crippen LogP contribution in [0.4, 0.5) is 4.79 Å². The molecule has 1 unspecified atom stereocenters. The van der Waals surface area contributed by atoms with Gasteiger partial charge in [-0.3, -0.25) is 4.90 Å². The number of nitrogens with zero attached hydrogens (tertiary/aromatic N) is 4. The summed E-state index contributed by atoms with van der Waals surface area (Å²) in [7, 11) is 0. The number of aromatic nitrogens is 2. The number of aliphatic imine (C=N–C) groups is 1. The molecule has 0 aliphatic carbocycles. The van der Waals surface area contributed by atoms with Crippen molar-refractivity contribution in [1.29, 1.82) is 0 Å². The highest BCUT2D eigenvalue weighted by molar-refractivity contribution is 6.03. The van der Waals surface area contributed by atoms with Crippen LogP contribution in [0.2, 0.25) is 0 Å². The van der Waals surface area contributed by atoms with E-state index in [1.807, 2.05) is 18.4 Å². The first kappa shape index (κ1) is 12.2. The molecule has 0 saturated heterocycles. The summed E-state index contributed by atoms with van der Waals surface area (Å²) in [6.45, 7) is 4.23. The molecule has 2 rings (SSSR count). The maximum atomic E-state index is 11.7. The lowest BCUT2D eigenvalue weighted by molar-refractivity contribution is 0.212. The van der Waals surface area contributed by atoms with E-state index in [9.17, 15) is 4.79 Å². The van der Waals surface area contributed by atoms with E-state index < -0.39 is 12.1 Å². The van der Waals surface area contributed by atoms with Gasteiger partial charge in [0.2, 0.25) is 0 Å². The molecular formula is C12H15N5O. The Hall–Kier alpha value is -2.29. The molecule has 0 spiro atoms. The molecular weight excluding hydrogens is 230 g/mol. The maximum Gasteiger partial charge on any atom is 0.347 e. The molecule has 0 aromatic carbocycles. The van der Waals surface area contributed by atoms with Crippen molar-refractivity contribution in [2.45, 2.75) is 25.9 Å². The Labute approximate surface area is 106 Å². The van der Waals surface area contributed by atoms with Crippen molar-refractivity contribution >= 4 is 11.9 Å². The van der Waals surface area contributed by atoms with Crippen molar-refractivity contribution in [1.82, 2.24) is 14.5 Å². The lowest BCUT2D eigenvalue weighted by Gasteiger charge is -2.24. The fourth-order valence-corrected chi connectivity index (χ4v) is 2.03. The Morgan fingerprint density at radius 2 is 2.33 bits per heavy atom. The molecule has 2 amide bonds. The third-order valence-electron chi connectivity index (χ3n) is 2.86. The molecule has 2 heterocycles. The molecule has 1 aliphatic rings. The molecule has 2 N–H and O–H groups in total. The van der Waals surface area contributed by atoms with Gasteiger partial charge in [0.15, 0.2) is 0 Å². The van der Waals surface area contributed by atoms with E-state index in [2.05, 4.69) is 15.9 Å². The zero-order valence-electron chi connectivity index (χ0n) is 10.4. The summed E-state index contributed by atoms with van der Waals surface area (Å²) in [5, 5.41) is 0. The van der Waals surface area contributed by atoms with Gasteiger partial charge in [0.05, 0.1) is 24.8 Å². The SMILES string of the molecule is C#CCN1C(=O)N=C(N)C1c1cncn1C(C)C. The lowest BCUT2D eigenvalue weighted by Crippen LogP contribution is -2.35. The van der Waals surface area contributed by atoms with Gasteiger partial charge in [0.25, 0.3) is 0 Å². The van der Waals surface area contributed by atoms with Crippen LogP contribution in [0.25, 0.3) is 0 Å². The Balaban J connectivity index is 2.42. The third kappa shape index (κ3) is 1.84. The quantitative estimate of drug-likeness (QED) is 0.805. The van der Waals surface area contributed by atoms with E-state index in [-0.39, 0.29) is 18.4 Å². The number of nitrogens with two attached hydrogens (primary N) is 1. The minimum atomic E-state index is -0.418. The Morgan fingerprint density at radius 3 is 2.94 bits per heavy atom. The summed E-state index contributed by atoms with van der Waals surface area (Å²) < 4.78 is 1.95. The second kappa shape index (κ2) is 4.53. The smallest absolute Gasteiger partial charge is 0.347 e. The fraction of sp³-hybridized carbons (Fsp3) is 0.417. The van der Waals surface area contributed by atoms with Gasteiger partial charge in [-0.25, -0.2) is 9.78 Å². The van der Waals surface area contributed by atoms with Gasteiger partial charge in [-0.1, -0.05) is 5.92 Å². The molecule has 18 heavy (non-hydrogen) atoms. The first-order valence-electron chi connectivity index (χ1n) is 5.66. The van der Waals surface area contributed by atoms with Crippen molar-refractivity contribution in [2.75, 3.05) is 6.54 Å². The number of hydrogen-bond donors (Lipinski definition) is 1. The summed E-state index contributed by atoms with van der Waals surface area (Å²) in [6, 6.07) is -0.593. The highest BCUT2D eigenvalue weighted by Gasteiger charge is 2.36. The molecule has 1 aromatic heterocycles. The van der Waals surface area contributed by atoms with E-state index >= 15 is 0 Å². The number of amides is 2. The minimum Gasteiger partial charge on any atom is -0.385 e. The predicted molar refractivity (Wildman–Crippen MR) is 67.9 cm³/mol. The molecule has 0 fully saturated rings. The van der Waals surface area contributed by atoms with Crippen LogP contribution in [0.5, 0.6) is 0 Å². The monoisotopic (exact) mass is 245 g/mol. The highest BCUT2D eigenvalue weighted by atomic mass is 16.2. The number of hydrogen-bond acceptors (Lipinski definition) is 3. The first-order chi connectivity index (χ1) is 8.56. The summed E-state index contributed by atoms with van der Waals surface area (Å²) >= 11 is 0. The standard InChI is InChI=1S/C12H15N5O/c1-4-5-16-10(11(13)15-12(16)18)9-6-14-7-17(9)8(2)3/h1,6-8,10H,5H2,2-3H3,(H2,13,15,18). The number of imidazole rings is 1. The van der Waals surface area contributed by atoms with E-state index in [4.69, 9.17) is 12.2 Å². The van der Waals surface area contributed by atoms with Crippen molar-refractivity contribution in [3.63, 3.8) is 0 Å². The normalized spacial score (nSPS) is 19.2. The number of carbonyl (C=O) groups excluding carboxylic acids is 1. The highest BCUT2D eigenvalue weighted by Crippen LogP contribution is 2.27. The topological polar surface area (TPSA) is 76.5 Å². The largest absolute Gasteiger partial charge is 0.385 e. The van der Waals surface area contributed by atoms with Gasteiger partial charge in [-0.15, -0.1) is 6.42 Å². The Morgan fingerprint density at radius 1 is 1.61 bits per heavy atom. The van der Waals surface area contributed by atoms with E-state index in [0.29, 0.717) is 0 Å². The molecule has 6 nitrogen and oxygen atoms in total. The summed E-state index contributed by atoms with van der Waals surface area (Å²) in [5.74, 6) is 2.71. The van der Waals surface area contributed by atoms with Crippen LogP contribution in [0.15, 0.2) is 17.5 Å². The molecule has 1 aromatic rings. The van der Waals surface area contributed by atoms with Gasteiger partial charge < -0.3 is 10.3 Å². The molecule has 6 heteroatoms. The van der Waals surface area contributed by atoms with Gasteiger partial charge in [-0.05, 0) is 13.8 Å². The number of amidine groups is 1. The molecule has 1 atom stereocenters. The Kier molecular flexibility index (Phi) is 3.06. The second-order valence-electron chi connectivity index (χ2n) is 4.37. The van der Waals surface area contributed by atoms with Crippen LogP contribution in [0.1, 0.15) is 31.6 Å². The van der Waals surface area contributed by atoms with E-state index in [1.165, 1.54) is 4.90 Å². The predicted octanol–water partition coefficient (Wildman–Crippen LogP) is 0.931. The molecule has 0 bridgehead atoms. The van der Waals surface area contributed by atoms with E-state index in [1.54, 1.807) is 12.5 Å². The van der Waals surface area contributed by atoms with Crippen LogP contribution >= 0.6 is 0 Å². The zero-order valence-corrected chi connectivity index (χ0v) is 10.4. The van der Waals surface area contributed by atoms with E-state index in [0.717, 1.165) is 5.69 Å². The summed E-state index contributed by atoms with van der Waals surface area (Å²) in [4.78, 5) is 21.0. The third-order valence-corrected chi connectivity index (χ3v) is 2.86. The average Bonchev–Trinajstić information content (AvgIpc) is 2.85. The fourth-order valence-electron chi connectivity index (χ4n) is 2.03. The van der Waals surface area contributed by atoms with Gasteiger partial charge >= 0.3 is 6.03 Å². The van der Waals surface area contributed by atoms with Gasteiger partial charge in [0, 0.05) is 6.04 Å². The summed E-state index contributed by atoms with van der Waals surface area (Å²) in [5.41, 5.74) is 6.65. The van der Waals surface area contributed by atoms with Crippen LogP contribution < -0.4 is 5.73 Å². The van der Waals surface area contributed by atoms with Crippen molar-refractivity contribution < 1.29 is 4.79 Å². The zero-order chi connectivity index (χ0) is 13.3. The number of rotatable bonds is 3. The van der Waals surface area contributed by atoms with Gasteiger partial charge in [-0.2, -0.15) is 4.99 Å². The molecule has 94 valence electrons. The molecule has 0 radical (unpaired) electrons. The van der Waals surface area contributed by atoms with Crippen molar-refractivity contribution in [2.24, 2.45) is 10.7 Å². The lowest BCUT2D eigenvalue weighted by atomic mass is 10.1. The van der Waals surface area contributed by atoms with Crippen LogP contribution in [-0.4, -0.2) is 32.9 Å². The number of urea groups is 1. The van der Waals surface area contributed by atoms with Crippen LogP contribution in [0.3, 0.4) is 0 Å². The van der Waals surface area contributed by atoms with Crippen LogP contribution in [0, 0.1) is 12.3 Å². The average molecular weight is 245 g/mol. The van der Waals surface area contributed by atoms with Crippen LogP contribution in [-0.2, 0) is 0 Å². The Bertz CT molecular complexity index is 537. The maximum absolute atomic E-state index is 11.7. The van der Waals surface area contributed by atoms with Gasteiger partial charge in [0.1, 0.15) is 11.9 Å². The second-order valence-corrected chi connectivity index (χ2v) is 4.37. The minimum absolute atomic E-state index is 0.178.